The van der Waals surface area contributed by atoms with E-state index in [1.807, 2.05) is 6.07 Å². The van der Waals surface area contributed by atoms with E-state index in [1.165, 1.54) is 16.4 Å². The average Bonchev–Trinajstić information content (AvgIpc) is 2.89. The Kier molecular flexibility index (Phi) is 5.74. The van der Waals surface area contributed by atoms with Crippen LogP contribution < -0.4 is 0 Å². The van der Waals surface area contributed by atoms with Gasteiger partial charge in [-0.15, -0.1) is 0 Å². The number of hydrogen-bond donors (Lipinski definition) is 0. The van der Waals surface area contributed by atoms with E-state index < -0.39 is 15.8 Å². The minimum Gasteiger partial charge on any atom is -0.337 e. The average molecular weight is 441 g/mol. The molecule has 1 heterocycles. The van der Waals surface area contributed by atoms with Crippen LogP contribution in [0.1, 0.15) is 16.8 Å². The summed E-state index contributed by atoms with van der Waals surface area (Å²) in [6, 6.07) is 12.0. The second-order valence-corrected chi connectivity index (χ2v) is 8.78. The molecule has 0 bridgehead atoms. The third-order valence-corrected chi connectivity index (χ3v) is 6.90. The van der Waals surface area contributed by atoms with E-state index in [9.17, 15) is 17.6 Å². The van der Waals surface area contributed by atoms with Crippen molar-refractivity contribution in [3.63, 3.8) is 0 Å². The van der Waals surface area contributed by atoms with E-state index in [1.54, 1.807) is 23.1 Å². The quantitative estimate of drug-likeness (QED) is 0.736. The molecule has 26 heavy (non-hydrogen) atoms. The molecule has 1 amide bonds. The molecule has 0 N–H and O–H groups in total. The maximum atomic E-state index is 13.1. The number of rotatable bonds is 3. The lowest BCUT2D eigenvalue weighted by Gasteiger charge is -2.22. The number of carbonyl (C=O) groups excluding carboxylic acids is 1. The van der Waals surface area contributed by atoms with Gasteiger partial charge >= 0.3 is 0 Å². The van der Waals surface area contributed by atoms with E-state index in [-0.39, 0.29) is 17.3 Å². The first-order valence-electron chi connectivity index (χ1n) is 8.19. The standard InChI is InChI=1S/C18H18BrFN2O3S/c19-17-5-2-1-4-16(17)18(23)21-10-3-11-22(13-12-21)26(24,25)15-8-6-14(20)7-9-15/h1-2,4-9H,3,10-13H2. The lowest BCUT2D eigenvalue weighted by Crippen LogP contribution is -2.37. The van der Waals surface area contributed by atoms with Crippen LogP contribution in [-0.2, 0) is 10.0 Å². The van der Waals surface area contributed by atoms with Crippen molar-refractivity contribution >= 4 is 31.9 Å². The van der Waals surface area contributed by atoms with Crippen LogP contribution >= 0.6 is 15.9 Å². The van der Waals surface area contributed by atoms with Gasteiger partial charge in [-0.1, -0.05) is 12.1 Å². The Morgan fingerprint density at radius 1 is 0.962 bits per heavy atom. The molecule has 5 nitrogen and oxygen atoms in total. The van der Waals surface area contributed by atoms with Gasteiger partial charge in [0.25, 0.3) is 5.91 Å². The Labute approximate surface area is 160 Å². The highest BCUT2D eigenvalue weighted by Gasteiger charge is 2.29. The first kappa shape index (κ1) is 19.0. The monoisotopic (exact) mass is 440 g/mol. The molecule has 0 radical (unpaired) electrons. The van der Waals surface area contributed by atoms with Gasteiger partial charge in [-0.05, 0) is 58.7 Å². The zero-order valence-corrected chi connectivity index (χ0v) is 16.3. The molecule has 2 aromatic rings. The molecule has 3 rings (SSSR count). The summed E-state index contributed by atoms with van der Waals surface area (Å²) in [5, 5.41) is 0. The summed E-state index contributed by atoms with van der Waals surface area (Å²) < 4.78 is 40.6. The van der Waals surface area contributed by atoms with Gasteiger partial charge in [0.15, 0.2) is 0 Å². The van der Waals surface area contributed by atoms with Crippen LogP contribution in [0.25, 0.3) is 0 Å². The number of hydrogen-bond acceptors (Lipinski definition) is 3. The fourth-order valence-corrected chi connectivity index (χ4v) is 4.82. The summed E-state index contributed by atoms with van der Waals surface area (Å²) in [5.74, 6) is -0.608. The molecule has 0 aliphatic carbocycles. The first-order chi connectivity index (χ1) is 12.4. The first-order valence-corrected chi connectivity index (χ1v) is 10.4. The summed E-state index contributed by atoms with van der Waals surface area (Å²) in [4.78, 5) is 14.5. The maximum absolute atomic E-state index is 13.1. The van der Waals surface area contributed by atoms with Crippen LogP contribution in [0.3, 0.4) is 0 Å². The molecule has 0 aromatic heterocycles. The topological polar surface area (TPSA) is 57.7 Å². The highest BCUT2D eigenvalue weighted by molar-refractivity contribution is 9.10. The smallest absolute Gasteiger partial charge is 0.255 e. The van der Waals surface area contributed by atoms with Crippen LogP contribution in [0.2, 0.25) is 0 Å². The predicted octanol–water partition coefficient (Wildman–Crippen LogP) is 3.13. The molecule has 1 fully saturated rings. The van der Waals surface area contributed by atoms with Crippen LogP contribution in [0.4, 0.5) is 4.39 Å². The lowest BCUT2D eigenvalue weighted by atomic mass is 10.2. The van der Waals surface area contributed by atoms with Gasteiger partial charge < -0.3 is 4.90 Å². The summed E-state index contributed by atoms with van der Waals surface area (Å²) in [7, 11) is -3.70. The van der Waals surface area contributed by atoms with Gasteiger partial charge in [0, 0.05) is 30.7 Å². The van der Waals surface area contributed by atoms with Crippen molar-refractivity contribution in [2.75, 3.05) is 26.2 Å². The maximum Gasteiger partial charge on any atom is 0.255 e. The zero-order chi connectivity index (χ0) is 18.7. The van der Waals surface area contributed by atoms with E-state index in [4.69, 9.17) is 0 Å². The molecule has 0 atom stereocenters. The Morgan fingerprint density at radius 3 is 2.35 bits per heavy atom. The number of carbonyl (C=O) groups is 1. The zero-order valence-electron chi connectivity index (χ0n) is 13.9. The van der Waals surface area contributed by atoms with Crippen molar-refractivity contribution in [3.05, 3.63) is 64.4 Å². The molecule has 2 aromatic carbocycles. The van der Waals surface area contributed by atoms with Crippen LogP contribution in [-0.4, -0.2) is 49.7 Å². The SMILES string of the molecule is O=C(c1ccccc1Br)N1CCCN(S(=O)(=O)c2ccc(F)cc2)CC1. The Balaban J connectivity index is 1.75. The number of nitrogens with zero attached hydrogens (tertiary/aromatic N) is 2. The van der Waals surface area contributed by atoms with Crippen LogP contribution in [0, 0.1) is 5.82 Å². The number of benzene rings is 2. The van der Waals surface area contributed by atoms with Crippen molar-refractivity contribution in [1.82, 2.24) is 9.21 Å². The summed E-state index contributed by atoms with van der Waals surface area (Å²) in [6.45, 7) is 1.31. The molecule has 138 valence electrons. The van der Waals surface area contributed by atoms with E-state index >= 15 is 0 Å². The van der Waals surface area contributed by atoms with Crippen LogP contribution in [0.15, 0.2) is 57.9 Å². The van der Waals surface area contributed by atoms with Crippen LogP contribution in [0.5, 0.6) is 0 Å². The normalized spacial score (nSPS) is 16.3. The van der Waals surface area contributed by atoms with Gasteiger partial charge in [0.2, 0.25) is 10.0 Å². The van der Waals surface area contributed by atoms with E-state index in [0.717, 1.165) is 12.1 Å². The molecular formula is C18H18BrFN2O3S. The van der Waals surface area contributed by atoms with Crippen molar-refractivity contribution in [3.8, 4) is 0 Å². The summed E-state index contributed by atoms with van der Waals surface area (Å²) in [6.07, 6.45) is 0.538. The van der Waals surface area contributed by atoms with E-state index in [2.05, 4.69) is 15.9 Å². The molecule has 0 unspecified atom stereocenters. The summed E-state index contributed by atoms with van der Waals surface area (Å²) >= 11 is 3.38. The number of sulfonamides is 1. The lowest BCUT2D eigenvalue weighted by molar-refractivity contribution is 0.0763. The summed E-state index contributed by atoms with van der Waals surface area (Å²) in [5.41, 5.74) is 0.558. The fraction of sp³-hybridized carbons (Fsp3) is 0.278. The van der Waals surface area contributed by atoms with Gasteiger partial charge in [-0.25, -0.2) is 12.8 Å². The minimum absolute atomic E-state index is 0.0597. The molecule has 1 saturated heterocycles. The second kappa shape index (κ2) is 7.85. The van der Waals surface area contributed by atoms with Gasteiger partial charge in [0.1, 0.15) is 5.82 Å². The number of amides is 1. The van der Waals surface area contributed by atoms with Crippen molar-refractivity contribution in [2.45, 2.75) is 11.3 Å². The van der Waals surface area contributed by atoms with Crippen molar-refractivity contribution in [2.24, 2.45) is 0 Å². The van der Waals surface area contributed by atoms with Gasteiger partial charge in [-0.2, -0.15) is 4.31 Å². The molecule has 0 saturated carbocycles. The second-order valence-electron chi connectivity index (χ2n) is 5.98. The van der Waals surface area contributed by atoms with E-state index in [0.29, 0.717) is 36.1 Å². The third-order valence-electron chi connectivity index (χ3n) is 4.30. The number of halogens is 2. The highest BCUT2D eigenvalue weighted by atomic mass is 79.9. The molecule has 1 aliphatic rings. The molecule has 8 heteroatoms. The minimum atomic E-state index is -3.70. The predicted molar refractivity (Wildman–Crippen MR) is 99.8 cm³/mol. The molecular weight excluding hydrogens is 423 g/mol. The Hall–Kier alpha value is -1.77. The molecule has 1 aliphatic heterocycles. The molecule has 0 spiro atoms. The fourth-order valence-electron chi connectivity index (χ4n) is 2.90. The Morgan fingerprint density at radius 2 is 1.65 bits per heavy atom. The van der Waals surface area contributed by atoms with Crippen molar-refractivity contribution < 1.29 is 17.6 Å². The third kappa shape index (κ3) is 3.97. The Bertz CT molecular complexity index is 903. The van der Waals surface area contributed by atoms with Gasteiger partial charge in [0.05, 0.1) is 10.5 Å². The highest BCUT2D eigenvalue weighted by Crippen LogP contribution is 2.21. The largest absolute Gasteiger partial charge is 0.337 e. The van der Waals surface area contributed by atoms with Crippen molar-refractivity contribution in [1.29, 1.82) is 0 Å². The van der Waals surface area contributed by atoms with Gasteiger partial charge in [-0.3, -0.25) is 4.79 Å².